The third kappa shape index (κ3) is 2.37. The lowest BCUT2D eigenvalue weighted by Gasteiger charge is -2.48. The van der Waals surface area contributed by atoms with E-state index < -0.39 is 0 Å². The summed E-state index contributed by atoms with van der Waals surface area (Å²) in [4.78, 5) is 23.8. The Balaban J connectivity index is 1.65. The Morgan fingerprint density at radius 3 is 2.88 bits per heavy atom. The molecule has 3 aliphatic carbocycles. The van der Waals surface area contributed by atoms with Gasteiger partial charge in [-0.05, 0) is 73.1 Å². The summed E-state index contributed by atoms with van der Waals surface area (Å²) >= 11 is 3.61. The van der Waals surface area contributed by atoms with Gasteiger partial charge in [-0.2, -0.15) is 0 Å². The number of hydrogen-bond donors (Lipinski definition) is 0. The van der Waals surface area contributed by atoms with Crippen LogP contribution in [0.15, 0.2) is 18.2 Å². The van der Waals surface area contributed by atoms with Crippen LogP contribution in [0.5, 0.6) is 5.75 Å². The van der Waals surface area contributed by atoms with E-state index in [-0.39, 0.29) is 16.2 Å². The van der Waals surface area contributed by atoms with Gasteiger partial charge in [0.25, 0.3) is 0 Å². The van der Waals surface area contributed by atoms with Crippen molar-refractivity contribution in [2.45, 2.75) is 56.7 Å². The van der Waals surface area contributed by atoms with E-state index in [2.05, 4.69) is 28.9 Å². The predicted molar refractivity (Wildman–Crippen MR) is 95.5 cm³/mol. The van der Waals surface area contributed by atoms with Gasteiger partial charge in [0.15, 0.2) is 5.78 Å². The topological polar surface area (TPSA) is 43.4 Å². The van der Waals surface area contributed by atoms with Gasteiger partial charge in [0, 0.05) is 12.3 Å². The van der Waals surface area contributed by atoms with Crippen molar-refractivity contribution in [1.29, 1.82) is 0 Å². The van der Waals surface area contributed by atoms with Crippen LogP contribution in [0.1, 0.15) is 56.6 Å². The molecule has 3 nitrogen and oxygen atoms in total. The zero-order valence-electron chi connectivity index (χ0n) is 14.2. The monoisotopic (exact) mass is 390 g/mol. The average molecular weight is 391 g/mol. The number of alkyl halides is 1. The molecule has 5 atom stereocenters. The Bertz CT molecular complexity index is 713. The summed E-state index contributed by atoms with van der Waals surface area (Å²) < 4.78 is 5.24. The van der Waals surface area contributed by atoms with Gasteiger partial charge in [-0.15, -0.1) is 0 Å². The summed E-state index contributed by atoms with van der Waals surface area (Å²) in [6.45, 7) is 3.63. The van der Waals surface area contributed by atoms with Gasteiger partial charge < -0.3 is 4.74 Å². The zero-order valence-corrected chi connectivity index (χ0v) is 15.8. The maximum absolute atomic E-state index is 12.6. The number of esters is 1. The molecule has 3 aliphatic rings. The number of rotatable bonds is 1. The van der Waals surface area contributed by atoms with Crippen LogP contribution in [-0.2, 0) is 16.0 Å². The first-order valence-electron chi connectivity index (χ1n) is 8.90. The van der Waals surface area contributed by atoms with E-state index in [1.165, 1.54) is 18.1 Å². The fraction of sp³-hybridized carbons (Fsp3) is 0.600. The fourth-order valence-electron chi connectivity index (χ4n) is 5.54. The Labute approximate surface area is 151 Å². The fourth-order valence-corrected chi connectivity index (χ4v) is 6.46. The van der Waals surface area contributed by atoms with Crippen molar-refractivity contribution in [1.82, 2.24) is 0 Å². The molecular weight excluding hydrogens is 368 g/mol. The molecule has 1 aromatic rings. The summed E-state index contributed by atoms with van der Waals surface area (Å²) in [5.74, 6) is 2.43. The Hall–Kier alpha value is -1.16. The van der Waals surface area contributed by atoms with Crippen molar-refractivity contribution in [3.63, 3.8) is 0 Å². The van der Waals surface area contributed by atoms with Crippen LogP contribution < -0.4 is 4.74 Å². The van der Waals surface area contributed by atoms with Crippen molar-refractivity contribution in [2.24, 2.45) is 17.3 Å². The lowest BCUT2D eigenvalue weighted by Crippen LogP contribution is -2.42. The minimum absolute atomic E-state index is 0.0407. The highest BCUT2D eigenvalue weighted by Gasteiger charge is 2.57. The largest absolute Gasteiger partial charge is 0.427 e. The van der Waals surface area contributed by atoms with E-state index in [1.54, 1.807) is 0 Å². The van der Waals surface area contributed by atoms with Crippen molar-refractivity contribution in [3.05, 3.63) is 29.3 Å². The minimum atomic E-state index is -0.273. The second-order valence-corrected chi connectivity index (χ2v) is 9.00. The number of ether oxygens (including phenoxy) is 1. The average Bonchev–Trinajstić information content (AvgIpc) is 2.77. The normalized spacial score (nSPS) is 37.4. The smallest absolute Gasteiger partial charge is 0.308 e. The first-order chi connectivity index (χ1) is 11.4. The van der Waals surface area contributed by atoms with Crippen LogP contribution >= 0.6 is 15.9 Å². The maximum Gasteiger partial charge on any atom is 0.308 e. The molecule has 0 N–H and O–H groups in total. The number of fused-ring (bicyclic) bond motifs is 5. The molecule has 4 heteroatoms. The molecule has 0 aliphatic heterocycles. The van der Waals surface area contributed by atoms with Gasteiger partial charge in [-0.1, -0.05) is 28.9 Å². The van der Waals surface area contributed by atoms with E-state index in [1.807, 2.05) is 12.1 Å². The number of hydrogen-bond acceptors (Lipinski definition) is 3. The van der Waals surface area contributed by atoms with Crippen molar-refractivity contribution < 1.29 is 14.3 Å². The number of Topliss-reactive ketones (excluding diaryl/α,β-unsaturated/α-hetero) is 1. The van der Waals surface area contributed by atoms with Crippen LogP contribution in [0.4, 0.5) is 0 Å². The highest BCUT2D eigenvalue weighted by atomic mass is 79.9. The Kier molecular flexibility index (Phi) is 3.87. The van der Waals surface area contributed by atoms with Gasteiger partial charge in [0.05, 0.1) is 4.83 Å². The Morgan fingerprint density at radius 1 is 1.33 bits per heavy atom. The van der Waals surface area contributed by atoms with Gasteiger partial charge in [0.2, 0.25) is 0 Å². The molecule has 24 heavy (non-hydrogen) atoms. The summed E-state index contributed by atoms with van der Waals surface area (Å²) in [5, 5.41) is 0. The molecule has 0 radical (unpaired) electrons. The van der Waals surface area contributed by atoms with Gasteiger partial charge in [0.1, 0.15) is 5.75 Å². The summed E-state index contributed by atoms with van der Waals surface area (Å²) in [6, 6.07) is 6.10. The molecular formula is C20H23BrO3. The highest BCUT2D eigenvalue weighted by molar-refractivity contribution is 9.10. The molecule has 4 rings (SSSR count). The molecule has 0 saturated heterocycles. The molecule has 0 heterocycles. The molecule has 2 fully saturated rings. The van der Waals surface area contributed by atoms with Crippen molar-refractivity contribution in [2.75, 3.05) is 0 Å². The molecule has 1 aromatic carbocycles. The highest BCUT2D eigenvalue weighted by Crippen LogP contribution is 2.60. The van der Waals surface area contributed by atoms with Crippen molar-refractivity contribution in [3.8, 4) is 5.75 Å². The lowest BCUT2D eigenvalue weighted by molar-refractivity contribution is -0.132. The summed E-state index contributed by atoms with van der Waals surface area (Å²) in [7, 11) is 0. The van der Waals surface area contributed by atoms with E-state index in [0.29, 0.717) is 29.3 Å². The second kappa shape index (κ2) is 5.69. The van der Waals surface area contributed by atoms with E-state index in [0.717, 1.165) is 32.1 Å². The minimum Gasteiger partial charge on any atom is -0.427 e. The number of carbonyl (C=O) groups excluding carboxylic acids is 2. The first-order valence-corrected chi connectivity index (χ1v) is 9.81. The number of carbonyl (C=O) groups is 2. The van der Waals surface area contributed by atoms with Crippen LogP contribution in [0, 0.1) is 17.3 Å². The Morgan fingerprint density at radius 2 is 2.12 bits per heavy atom. The van der Waals surface area contributed by atoms with Crippen LogP contribution in [0.2, 0.25) is 0 Å². The predicted octanol–water partition coefficient (Wildman–Crippen LogP) is 4.41. The molecule has 0 aromatic heterocycles. The summed E-state index contributed by atoms with van der Waals surface area (Å²) in [5.41, 5.74) is 2.60. The van der Waals surface area contributed by atoms with Crippen LogP contribution in [0.25, 0.3) is 0 Å². The SMILES string of the molecule is CC(=O)Oc1ccc2c(c1)CC[C@@H]1[C@H]3C[C@@H](Br)C(=O)[C@]3(C)CC[C@@H]21. The van der Waals surface area contributed by atoms with E-state index >= 15 is 0 Å². The quantitative estimate of drug-likeness (QED) is 0.405. The number of aryl methyl sites for hydroxylation is 1. The molecule has 0 spiro atoms. The van der Waals surface area contributed by atoms with E-state index in [4.69, 9.17) is 4.74 Å². The van der Waals surface area contributed by atoms with E-state index in [9.17, 15) is 9.59 Å². The van der Waals surface area contributed by atoms with Crippen LogP contribution in [0.3, 0.4) is 0 Å². The summed E-state index contributed by atoms with van der Waals surface area (Å²) in [6.07, 6.45) is 5.21. The number of ketones is 1. The standard InChI is InChI=1S/C20H23BrO3/c1-11(22)24-13-4-6-14-12(9-13)3-5-16-15(14)7-8-20(2)17(16)10-18(21)19(20)23/h4,6,9,15-18H,3,5,7-8,10H2,1-2H3/t15-,16-,17+,18+,20+/m0/s1. The molecule has 0 bridgehead atoms. The van der Waals surface area contributed by atoms with Gasteiger partial charge >= 0.3 is 5.97 Å². The van der Waals surface area contributed by atoms with Crippen molar-refractivity contribution >= 4 is 27.7 Å². The maximum atomic E-state index is 12.6. The number of benzene rings is 1. The zero-order chi connectivity index (χ0) is 17.1. The third-order valence-electron chi connectivity index (χ3n) is 6.66. The van der Waals surface area contributed by atoms with Gasteiger partial charge in [-0.3, -0.25) is 9.59 Å². The third-order valence-corrected chi connectivity index (χ3v) is 7.45. The second-order valence-electron chi connectivity index (χ2n) is 7.89. The molecule has 128 valence electrons. The molecule has 0 unspecified atom stereocenters. The van der Waals surface area contributed by atoms with Gasteiger partial charge in [-0.25, -0.2) is 0 Å². The molecule has 2 saturated carbocycles. The van der Waals surface area contributed by atoms with Crippen LogP contribution in [-0.4, -0.2) is 16.6 Å². The molecule has 0 amide bonds. The lowest BCUT2D eigenvalue weighted by atomic mass is 9.55. The first kappa shape index (κ1) is 16.3. The number of halogens is 1.